The first-order valence-corrected chi connectivity index (χ1v) is 7.71. The molecule has 2 unspecified atom stereocenters. The van der Waals surface area contributed by atoms with E-state index in [1.807, 2.05) is 6.92 Å². The summed E-state index contributed by atoms with van der Waals surface area (Å²) >= 11 is 0. The number of carbonyl (C=O) groups excluding carboxylic acids is 2. The first-order chi connectivity index (χ1) is 11.4. The summed E-state index contributed by atoms with van der Waals surface area (Å²) in [5, 5.41) is 2.72. The highest BCUT2D eigenvalue weighted by atomic mass is 16.5. The minimum atomic E-state index is -0.643. The van der Waals surface area contributed by atoms with Gasteiger partial charge in [0.05, 0.1) is 11.7 Å². The van der Waals surface area contributed by atoms with Gasteiger partial charge in [0, 0.05) is 17.8 Å². The molecule has 124 valence electrons. The summed E-state index contributed by atoms with van der Waals surface area (Å²) in [4.78, 5) is 36.5. The van der Waals surface area contributed by atoms with Crippen LogP contribution in [0.1, 0.15) is 35.8 Å². The van der Waals surface area contributed by atoms with Crippen LogP contribution in [0.4, 0.5) is 5.69 Å². The third kappa shape index (κ3) is 2.82. The van der Waals surface area contributed by atoms with Crippen LogP contribution in [0.15, 0.2) is 41.3 Å². The normalized spacial score (nSPS) is 17.5. The van der Waals surface area contributed by atoms with Crippen molar-refractivity contribution >= 4 is 17.4 Å². The van der Waals surface area contributed by atoms with Gasteiger partial charge >= 0.3 is 0 Å². The Kier molecular flexibility index (Phi) is 3.97. The second-order valence-corrected chi connectivity index (χ2v) is 5.95. The van der Waals surface area contributed by atoms with Crippen LogP contribution in [0.25, 0.3) is 0 Å². The van der Waals surface area contributed by atoms with Crippen LogP contribution in [0.5, 0.6) is 5.75 Å². The van der Waals surface area contributed by atoms with E-state index in [1.165, 1.54) is 10.6 Å². The molecule has 1 aromatic heterocycles. The largest absolute Gasteiger partial charge is 0.479 e. The molecule has 1 aliphatic heterocycles. The van der Waals surface area contributed by atoms with Gasteiger partial charge in [-0.3, -0.25) is 14.4 Å². The zero-order valence-electron chi connectivity index (χ0n) is 13.7. The lowest BCUT2D eigenvalue weighted by Crippen LogP contribution is -2.34. The third-order valence-corrected chi connectivity index (χ3v) is 4.10. The summed E-state index contributed by atoms with van der Waals surface area (Å²) in [5.41, 5.74) is 1.50. The van der Waals surface area contributed by atoms with Crippen molar-refractivity contribution in [1.82, 2.24) is 4.57 Å². The number of ketones is 1. The number of amides is 1. The van der Waals surface area contributed by atoms with Gasteiger partial charge in [0.1, 0.15) is 5.75 Å². The highest BCUT2D eigenvalue weighted by molar-refractivity contribution is 6.02. The molecule has 2 aromatic rings. The maximum atomic E-state index is 12.7. The lowest BCUT2D eigenvalue weighted by Gasteiger charge is -2.24. The van der Waals surface area contributed by atoms with E-state index >= 15 is 0 Å². The molecule has 2 heterocycles. The van der Waals surface area contributed by atoms with Crippen LogP contribution in [0.2, 0.25) is 0 Å². The average Bonchev–Trinajstić information content (AvgIpc) is 2.54. The summed E-state index contributed by atoms with van der Waals surface area (Å²) in [6.45, 7) is 5.16. The van der Waals surface area contributed by atoms with Crippen LogP contribution in [-0.4, -0.2) is 22.4 Å². The molecule has 0 spiro atoms. The zero-order chi connectivity index (χ0) is 17.4. The molecule has 3 rings (SSSR count). The molecule has 0 fully saturated rings. The second-order valence-electron chi connectivity index (χ2n) is 5.95. The van der Waals surface area contributed by atoms with E-state index in [4.69, 9.17) is 4.74 Å². The van der Waals surface area contributed by atoms with Gasteiger partial charge < -0.3 is 14.6 Å². The van der Waals surface area contributed by atoms with E-state index in [0.29, 0.717) is 17.0 Å². The van der Waals surface area contributed by atoms with Crippen molar-refractivity contribution < 1.29 is 14.3 Å². The van der Waals surface area contributed by atoms with E-state index in [1.54, 1.807) is 44.3 Å². The van der Waals surface area contributed by atoms with Crippen LogP contribution >= 0.6 is 0 Å². The molecule has 1 aromatic carbocycles. The van der Waals surface area contributed by atoms with Crippen molar-refractivity contribution in [2.75, 3.05) is 5.32 Å². The van der Waals surface area contributed by atoms with Crippen LogP contribution in [0, 0.1) is 6.92 Å². The Hall–Kier alpha value is -2.89. The topological polar surface area (TPSA) is 77.4 Å². The number of fused-ring (bicyclic) bond motifs is 1. The van der Waals surface area contributed by atoms with Crippen molar-refractivity contribution in [3.63, 3.8) is 0 Å². The SMILES string of the molecule is Cc1ccn(C(C)C(=O)c2ccc3c(c2)NC(=O)C(C)O3)c(=O)c1. The van der Waals surface area contributed by atoms with Gasteiger partial charge in [-0.15, -0.1) is 0 Å². The molecule has 1 N–H and O–H groups in total. The number of pyridine rings is 1. The fraction of sp³-hybridized carbons (Fsp3) is 0.278. The number of hydrogen-bond donors (Lipinski definition) is 1. The number of aryl methyl sites for hydroxylation is 1. The van der Waals surface area contributed by atoms with Gasteiger partial charge in [-0.2, -0.15) is 0 Å². The Labute approximate surface area is 139 Å². The summed E-state index contributed by atoms with van der Waals surface area (Å²) in [6.07, 6.45) is 1.05. The smallest absolute Gasteiger partial charge is 0.265 e. The van der Waals surface area contributed by atoms with Crippen LogP contribution in [0.3, 0.4) is 0 Å². The van der Waals surface area contributed by atoms with E-state index in [2.05, 4.69) is 5.32 Å². The van der Waals surface area contributed by atoms with Gasteiger partial charge in [0.2, 0.25) is 0 Å². The Morgan fingerprint density at radius 3 is 2.71 bits per heavy atom. The maximum Gasteiger partial charge on any atom is 0.265 e. The number of nitrogens with one attached hydrogen (secondary N) is 1. The Morgan fingerprint density at radius 1 is 1.25 bits per heavy atom. The maximum absolute atomic E-state index is 12.7. The summed E-state index contributed by atoms with van der Waals surface area (Å²) in [6, 6.07) is 7.51. The summed E-state index contributed by atoms with van der Waals surface area (Å²) in [5.74, 6) is 0.0605. The van der Waals surface area contributed by atoms with E-state index < -0.39 is 12.1 Å². The predicted molar refractivity (Wildman–Crippen MR) is 89.6 cm³/mol. The third-order valence-electron chi connectivity index (χ3n) is 4.10. The number of hydrogen-bond acceptors (Lipinski definition) is 4. The first kappa shape index (κ1) is 16.0. The molecule has 24 heavy (non-hydrogen) atoms. The lowest BCUT2D eigenvalue weighted by molar-refractivity contribution is -0.122. The molecule has 0 saturated carbocycles. The van der Waals surface area contributed by atoms with E-state index in [9.17, 15) is 14.4 Å². The van der Waals surface area contributed by atoms with Crippen LogP contribution < -0.4 is 15.6 Å². The van der Waals surface area contributed by atoms with Gasteiger partial charge in [0.15, 0.2) is 11.9 Å². The van der Waals surface area contributed by atoms with Gasteiger partial charge in [-0.1, -0.05) is 0 Å². The number of carbonyl (C=O) groups is 2. The molecule has 6 nitrogen and oxygen atoms in total. The fourth-order valence-electron chi connectivity index (χ4n) is 2.64. The molecule has 0 radical (unpaired) electrons. The number of benzene rings is 1. The predicted octanol–water partition coefficient (Wildman–Crippen LogP) is 2.32. The molecule has 1 aliphatic rings. The second kappa shape index (κ2) is 5.96. The molecule has 0 aliphatic carbocycles. The number of ether oxygens (including phenoxy) is 1. The molecule has 6 heteroatoms. The van der Waals surface area contributed by atoms with Crippen molar-refractivity contribution in [3.8, 4) is 5.75 Å². The van der Waals surface area contributed by atoms with Gasteiger partial charge in [0.25, 0.3) is 11.5 Å². The standard InChI is InChI=1S/C18H18N2O4/c1-10-6-7-20(16(21)8-10)11(2)17(22)13-4-5-15-14(9-13)19-18(23)12(3)24-15/h4-9,11-12H,1-3H3,(H,19,23). The molecular weight excluding hydrogens is 308 g/mol. The van der Waals surface area contributed by atoms with Crippen molar-refractivity contribution in [2.45, 2.75) is 32.9 Å². The van der Waals surface area contributed by atoms with E-state index in [0.717, 1.165) is 5.56 Å². The van der Waals surface area contributed by atoms with E-state index in [-0.39, 0.29) is 17.2 Å². The number of Topliss-reactive ketones (excluding diaryl/α,β-unsaturated/α-hetero) is 1. The average molecular weight is 326 g/mol. The van der Waals surface area contributed by atoms with Gasteiger partial charge in [-0.25, -0.2) is 0 Å². The molecule has 0 saturated heterocycles. The Balaban J connectivity index is 1.91. The monoisotopic (exact) mass is 326 g/mol. The Morgan fingerprint density at radius 2 is 2.00 bits per heavy atom. The van der Waals surface area contributed by atoms with Gasteiger partial charge in [-0.05, 0) is 50.6 Å². The Bertz CT molecular complexity index is 885. The zero-order valence-corrected chi connectivity index (χ0v) is 13.7. The number of nitrogens with zero attached hydrogens (tertiary/aromatic N) is 1. The summed E-state index contributed by atoms with van der Waals surface area (Å²) < 4.78 is 6.87. The van der Waals surface area contributed by atoms with Crippen molar-refractivity contribution in [2.24, 2.45) is 0 Å². The molecule has 2 atom stereocenters. The summed E-state index contributed by atoms with van der Waals surface area (Å²) in [7, 11) is 0. The molecule has 0 bridgehead atoms. The molecule has 1 amide bonds. The minimum absolute atomic E-state index is 0.211. The quantitative estimate of drug-likeness (QED) is 0.878. The highest BCUT2D eigenvalue weighted by Gasteiger charge is 2.25. The number of anilines is 1. The van der Waals surface area contributed by atoms with Crippen molar-refractivity contribution in [3.05, 3.63) is 58.0 Å². The molecular formula is C18H18N2O4. The first-order valence-electron chi connectivity index (χ1n) is 7.71. The number of rotatable bonds is 3. The minimum Gasteiger partial charge on any atom is -0.479 e. The van der Waals surface area contributed by atoms with Crippen LogP contribution in [-0.2, 0) is 4.79 Å². The fourth-order valence-corrected chi connectivity index (χ4v) is 2.64. The highest BCUT2D eigenvalue weighted by Crippen LogP contribution is 2.31. The lowest BCUT2D eigenvalue weighted by atomic mass is 10.0. The number of aromatic nitrogens is 1. The van der Waals surface area contributed by atoms with Crippen molar-refractivity contribution in [1.29, 1.82) is 0 Å².